The molecule has 0 fully saturated rings. The Balaban J connectivity index is 5.30. The average Bonchev–Trinajstić information content (AvgIpc) is 2.40. The van der Waals surface area contributed by atoms with Crippen molar-refractivity contribution in [3.05, 3.63) is 0 Å². The van der Waals surface area contributed by atoms with Crippen molar-refractivity contribution in [3.63, 3.8) is 0 Å². The standard InChI is InChI=1S/C14H34O5Si2/c1-7-13-20(15-9-3,16-10-4)19-21(14-8-2,17-11-5)18-12-6/h7-14H2,1-6H3. The minimum atomic E-state index is -2.73. The zero-order chi connectivity index (χ0) is 16.2. The lowest BCUT2D eigenvalue weighted by molar-refractivity contribution is 0.0493. The van der Waals surface area contributed by atoms with Gasteiger partial charge in [-0.25, -0.2) is 0 Å². The van der Waals surface area contributed by atoms with Gasteiger partial charge in [0.05, 0.1) is 0 Å². The Morgan fingerprint density at radius 1 is 0.524 bits per heavy atom. The third-order valence-electron chi connectivity index (χ3n) is 2.88. The summed E-state index contributed by atoms with van der Waals surface area (Å²) < 4.78 is 30.4. The second-order valence-electron chi connectivity index (χ2n) is 4.70. The van der Waals surface area contributed by atoms with Gasteiger partial charge in [-0.05, 0) is 27.7 Å². The molecule has 0 atom stereocenters. The molecule has 0 unspecified atom stereocenters. The third-order valence-corrected chi connectivity index (χ3v) is 10.5. The van der Waals surface area contributed by atoms with Gasteiger partial charge in [0.15, 0.2) is 0 Å². The summed E-state index contributed by atoms with van der Waals surface area (Å²) in [5.74, 6) is 0. The fourth-order valence-corrected chi connectivity index (χ4v) is 9.70. The Kier molecular flexibility index (Phi) is 11.9. The first-order valence-corrected chi connectivity index (χ1v) is 12.2. The topological polar surface area (TPSA) is 46.2 Å². The molecule has 0 heterocycles. The van der Waals surface area contributed by atoms with E-state index >= 15 is 0 Å². The van der Waals surface area contributed by atoms with Crippen LogP contribution < -0.4 is 0 Å². The second kappa shape index (κ2) is 11.8. The van der Waals surface area contributed by atoms with Gasteiger partial charge < -0.3 is 21.8 Å². The lowest BCUT2D eigenvalue weighted by Gasteiger charge is -2.37. The number of hydrogen-bond acceptors (Lipinski definition) is 5. The van der Waals surface area contributed by atoms with E-state index in [1.54, 1.807) is 0 Å². The largest absolute Gasteiger partial charge is 0.493 e. The van der Waals surface area contributed by atoms with Crippen LogP contribution in [0.4, 0.5) is 0 Å². The Hall–Kier alpha value is 0.234. The molecule has 0 rings (SSSR count). The van der Waals surface area contributed by atoms with Crippen molar-refractivity contribution >= 4 is 17.6 Å². The lowest BCUT2D eigenvalue weighted by Crippen LogP contribution is -2.58. The highest BCUT2D eigenvalue weighted by molar-refractivity contribution is 6.75. The molecule has 21 heavy (non-hydrogen) atoms. The van der Waals surface area contributed by atoms with Crippen LogP contribution in [0, 0.1) is 0 Å². The molecule has 0 aliphatic carbocycles. The van der Waals surface area contributed by atoms with E-state index in [2.05, 4.69) is 13.8 Å². The highest BCUT2D eigenvalue weighted by Crippen LogP contribution is 2.28. The first-order chi connectivity index (χ1) is 10.1. The van der Waals surface area contributed by atoms with E-state index < -0.39 is 17.6 Å². The van der Waals surface area contributed by atoms with E-state index in [9.17, 15) is 0 Å². The molecule has 0 spiro atoms. The fraction of sp³-hybridized carbons (Fsp3) is 1.00. The molecule has 0 saturated heterocycles. The van der Waals surface area contributed by atoms with E-state index in [-0.39, 0.29) is 0 Å². The highest BCUT2D eigenvalue weighted by Gasteiger charge is 2.52. The van der Waals surface area contributed by atoms with E-state index in [4.69, 9.17) is 21.8 Å². The molecule has 0 radical (unpaired) electrons. The quantitative estimate of drug-likeness (QED) is 0.450. The minimum absolute atomic E-state index is 0.584. The molecule has 0 aromatic heterocycles. The summed E-state index contributed by atoms with van der Waals surface area (Å²) >= 11 is 0. The van der Waals surface area contributed by atoms with Crippen LogP contribution in [0.1, 0.15) is 54.4 Å². The molecule has 5 nitrogen and oxygen atoms in total. The zero-order valence-electron chi connectivity index (χ0n) is 14.7. The predicted octanol–water partition coefficient (Wildman–Crippen LogP) is 3.85. The fourth-order valence-electron chi connectivity index (χ4n) is 2.32. The molecule has 0 aromatic rings. The maximum Gasteiger partial charge on any atom is 0.493 e. The predicted molar refractivity (Wildman–Crippen MR) is 89.3 cm³/mol. The lowest BCUT2D eigenvalue weighted by atomic mass is 10.6. The molecule has 0 N–H and O–H groups in total. The summed E-state index contributed by atoms with van der Waals surface area (Å²) in [4.78, 5) is 0. The minimum Gasteiger partial charge on any atom is -0.374 e. The molecule has 0 bridgehead atoms. The van der Waals surface area contributed by atoms with Gasteiger partial charge in [-0.1, -0.05) is 26.7 Å². The zero-order valence-corrected chi connectivity index (χ0v) is 16.7. The van der Waals surface area contributed by atoms with Gasteiger partial charge in [0.2, 0.25) is 0 Å². The first kappa shape index (κ1) is 21.2. The Morgan fingerprint density at radius 2 is 0.810 bits per heavy atom. The molecule has 0 aromatic carbocycles. The third kappa shape index (κ3) is 7.36. The van der Waals surface area contributed by atoms with Crippen LogP contribution in [0.25, 0.3) is 0 Å². The van der Waals surface area contributed by atoms with E-state index in [0.717, 1.165) is 24.9 Å². The Morgan fingerprint density at radius 3 is 1.00 bits per heavy atom. The first-order valence-electron chi connectivity index (χ1n) is 8.33. The van der Waals surface area contributed by atoms with Gasteiger partial charge >= 0.3 is 17.6 Å². The molecular weight excluding hydrogens is 304 g/mol. The molecule has 0 aliphatic rings. The summed E-state index contributed by atoms with van der Waals surface area (Å²) in [5, 5.41) is 0. The van der Waals surface area contributed by atoms with Gasteiger partial charge in [0.1, 0.15) is 0 Å². The van der Waals surface area contributed by atoms with Crippen LogP contribution in [0.2, 0.25) is 12.1 Å². The summed E-state index contributed by atoms with van der Waals surface area (Å²) in [6.07, 6.45) is 1.92. The maximum absolute atomic E-state index is 6.46. The monoisotopic (exact) mass is 338 g/mol. The summed E-state index contributed by atoms with van der Waals surface area (Å²) in [5.41, 5.74) is 0. The maximum atomic E-state index is 6.46. The van der Waals surface area contributed by atoms with Crippen LogP contribution in [0.3, 0.4) is 0 Å². The van der Waals surface area contributed by atoms with Gasteiger partial charge in [-0.15, -0.1) is 0 Å². The van der Waals surface area contributed by atoms with Crippen LogP contribution in [0.15, 0.2) is 0 Å². The summed E-state index contributed by atoms with van der Waals surface area (Å²) in [7, 11) is -5.46. The SMILES string of the molecule is CCC[Si](OCC)(OCC)O[Si](CCC)(OCC)OCC. The second-order valence-corrected chi connectivity index (χ2v) is 10.4. The molecule has 0 saturated carbocycles. The molecule has 128 valence electrons. The van der Waals surface area contributed by atoms with Crippen molar-refractivity contribution in [1.82, 2.24) is 0 Å². The van der Waals surface area contributed by atoms with Crippen LogP contribution in [-0.4, -0.2) is 44.0 Å². The van der Waals surface area contributed by atoms with Crippen LogP contribution >= 0.6 is 0 Å². The van der Waals surface area contributed by atoms with E-state index in [1.165, 1.54) is 0 Å². The smallest absolute Gasteiger partial charge is 0.374 e. The van der Waals surface area contributed by atoms with Crippen molar-refractivity contribution < 1.29 is 21.8 Å². The van der Waals surface area contributed by atoms with Gasteiger partial charge in [-0.3, -0.25) is 0 Å². The molecular formula is C14H34O5Si2. The van der Waals surface area contributed by atoms with E-state index in [0.29, 0.717) is 26.4 Å². The highest BCUT2D eigenvalue weighted by atomic mass is 28.5. The van der Waals surface area contributed by atoms with Crippen molar-refractivity contribution in [2.75, 3.05) is 26.4 Å². The Labute approximate surface area is 133 Å². The van der Waals surface area contributed by atoms with Crippen LogP contribution in [0.5, 0.6) is 0 Å². The van der Waals surface area contributed by atoms with Crippen molar-refractivity contribution in [3.8, 4) is 0 Å². The average molecular weight is 339 g/mol. The van der Waals surface area contributed by atoms with Crippen molar-refractivity contribution in [2.45, 2.75) is 66.5 Å². The van der Waals surface area contributed by atoms with Gasteiger partial charge in [0, 0.05) is 38.5 Å². The Bertz CT molecular complexity index is 195. The molecule has 0 amide bonds. The number of hydrogen-bond donors (Lipinski definition) is 0. The van der Waals surface area contributed by atoms with Gasteiger partial charge in [-0.2, -0.15) is 0 Å². The van der Waals surface area contributed by atoms with Gasteiger partial charge in [0.25, 0.3) is 0 Å². The number of rotatable bonds is 14. The molecule has 0 aliphatic heterocycles. The van der Waals surface area contributed by atoms with Crippen molar-refractivity contribution in [2.24, 2.45) is 0 Å². The molecule has 7 heteroatoms. The van der Waals surface area contributed by atoms with Crippen molar-refractivity contribution in [1.29, 1.82) is 0 Å². The van der Waals surface area contributed by atoms with Crippen LogP contribution in [-0.2, 0) is 21.8 Å². The normalized spacial score (nSPS) is 12.9. The summed E-state index contributed by atoms with van der Waals surface area (Å²) in [6.45, 7) is 14.5. The summed E-state index contributed by atoms with van der Waals surface area (Å²) in [6, 6.07) is 1.60. The van der Waals surface area contributed by atoms with E-state index in [1.807, 2.05) is 27.7 Å².